The Hall–Kier alpha value is -4.61. The second kappa shape index (κ2) is 11.1. The molecule has 0 fully saturated rings. The maximum atomic E-state index is 13.6. The largest absolute Gasteiger partial charge is 0.488 e. The Bertz CT molecular complexity index is 2050. The van der Waals surface area contributed by atoms with E-state index in [-0.39, 0.29) is 23.7 Å². The smallest absolute Gasteiger partial charge is 0.282 e. The molecule has 202 valence electrons. The molecule has 2 heterocycles. The summed E-state index contributed by atoms with van der Waals surface area (Å²) in [5.74, 6) is 1.10. The molecule has 0 N–H and O–H groups in total. The topological polar surface area (TPSA) is 113 Å². The Morgan fingerprint density at radius 3 is 2.63 bits per heavy atom. The Balaban J connectivity index is 1.41. The Morgan fingerprint density at radius 2 is 1.78 bits per heavy atom. The van der Waals surface area contributed by atoms with Crippen LogP contribution in [0.15, 0.2) is 114 Å². The predicted octanol–water partition coefficient (Wildman–Crippen LogP) is 7.70. The molecule has 0 saturated heterocycles. The minimum Gasteiger partial charge on any atom is -0.488 e. The van der Waals surface area contributed by atoms with Gasteiger partial charge < -0.3 is 9.15 Å². The number of aromatic nitrogens is 2. The van der Waals surface area contributed by atoms with Gasteiger partial charge in [-0.25, -0.2) is 4.98 Å². The van der Waals surface area contributed by atoms with Crippen LogP contribution in [0.3, 0.4) is 0 Å². The van der Waals surface area contributed by atoms with Gasteiger partial charge in [-0.05, 0) is 60.2 Å². The number of halogens is 2. The zero-order valence-electron chi connectivity index (χ0n) is 21.0. The average Bonchev–Trinajstić information content (AvgIpc) is 3.39. The molecule has 0 aliphatic rings. The zero-order chi connectivity index (χ0) is 28.5. The summed E-state index contributed by atoms with van der Waals surface area (Å²) in [5.41, 5.74) is 1.99. The van der Waals surface area contributed by atoms with Crippen LogP contribution < -0.4 is 10.3 Å². The van der Waals surface area contributed by atoms with Gasteiger partial charge in [0.05, 0.1) is 22.0 Å². The van der Waals surface area contributed by atoms with E-state index < -0.39 is 4.92 Å². The standard InChI is InChI=1S/C30H18Br2N4O5/c31-21-9-11-27-19(13-21)15-28(41-27)29-34-25-7-2-1-6-24(25)30(37)35(29)33-16-20-14-22(32)8-10-26(20)40-17-18-4-3-5-23(12-18)36(38)39/h1-16H,17H2. The van der Waals surface area contributed by atoms with Crippen LogP contribution in [0.2, 0.25) is 0 Å². The zero-order valence-corrected chi connectivity index (χ0v) is 24.2. The van der Waals surface area contributed by atoms with Crippen LogP contribution in [0.5, 0.6) is 5.75 Å². The third kappa shape index (κ3) is 5.54. The van der Waals surface area contributed by atoms with Gasteiger partial charge in [0.15, 0.2) is 5.76 Å². The number of hydrogen-bond donors (Lipinski definition) is 0. The van der Waals surface area contributed by atoms with Crippen LogP contribution >= 0.6 is 31.9 Å². The number of non-ortho nitro benzene ring substituents is 1. The minimum absolute atomic E-state index is 0.0163. The van der Waals surface area contributed by atoms with Crippen molar-refractivity contribution in [2.24, 2.45) is 5.10 Å². The second-order valence-electron chi connectivity index (χ2n) is 9.00. The van der Waals surface area contributed by atoms with Crippen molar-refractivity contribution in [3.8, 4) is 17.3 Å². The van der Waals surface area contributed by atoms with Crippen molar-refractivity contribution in [1.29, 1.82) is 0 Å². The molecule has 4 aromatic carbocycles. The van der Waals surface area contributed by atoms with Gasteiger partial charge in [0.25, 0.3) is 11.2 Å². The molecular weight excluding hydrogens is 656 g/mol. The molecule has 0 spiro atoms. The third-order valence-electron chi connectivity index (χ3n) is 6.25. The van der Waals surface area contributed by atoms with Gasteiger partial charge in [0, 0.05) is 32.0 Å². The van der Waals surface area contributed by atoms with E-state index in [0.29, 0.717) is 39.1 Å². The number of para-hydroxylation sites is 1. The number of benzene rings is 4. The molecule has 9 nitrogen and oxygen atoms in total. The van der Waals surface area contributed by atoms with Gasteiger partial charge in [-0.3, -0.25) is 14.9 Å². The molecular formula is C30H18Br2N4O5. The van der Waals surface area contributed by atoms with Crippen molar-refractivity contribution in [3.05, 3.63) is 132 Å². The maximum absolute atomic E-state index is 13.6. The predicted molar refractivity (Wildman–Crippen MR) is 163 cm³/mol. The first kappa shape index (κ1) is 26.6. The summed E-state index contributed by atoms with van der Waals surface area (Å²) in [7, 11) is 0. The highest BCUT2D eigenvalue weighted by atomic mass is 79.9. The molecule has 0 unspecified atom stereocenters. The van der Waals surface area contributed by atoms with Crippen LogP contribution in [0.1, 0.15) is 11.1 Å². The minimum atomic E-state index is -0.449. The lowest BCUT2D eigenvalue weighted by atomic mass is 10.2. The van der Waals surface area contributed by atoms with E-state index >= 15 is 0 Å². The van der Waals surface area contributed by atoms with Crippen molar-refractivity contribution >= 4 is 65.6 Å². The first-order chi connectivity index (χ1) is 19.9. The number of rotatable bonds is 7. The molecule has 2 aromatic heterocycles. The summed E-state index contributed by atoms with van der Waals surface area (Å²) >= 11 is 6.95. The van der Waals surface area contributed by atoms with Crippen molar-refractivity contribution in [3.63, 3.8) is 0 Å². The van der Waals surface area contributed by atoms with Gasteiger partial charge >= 0.3 is 0 Å². The molecule has 0 aliphatic heterocycles. The molecule has 11 heteroatoms. The normalized spacial score (nSPS) is 11.5. The van der Waals surface area contributed by atoms with Crippen molar-refractivity contribution in [2.75, 3.05) is 0 Å². The SMILES string of the molecule is O=c1c2ccccc2nc(-c2cc3cc(Br)ccc3o2)n1N=Cc1cc(Br)ccc1OCc1cccc([N+](=O)[O-])c1. The van der Waals surface area contributed by atoms with E-state index in [1.807, 2.05) is 36.4 Å². The summed E-state index contributed by atoms with van der Waals surface area (Å²) in [6.45, 7) is 0.0986. The molecule has 6 aromatic rings. The lowest BCUT2D eigenvalue weighted by Gasteiger charge is -2.11. The number of nitro groups is 1. The molecule has 0 amide bonds. The first-order valence-electron chi connectivity index (χ1n) is 12.3. The molecule has 6 rings (SSSR count). The van der Waals surface area contributed by atoms with Crippen LogP contribution in [-0.2, 0) is 6.61 Å². The fourth-order valence-corrected chi connectivity index (χ4v) is 5.06. The molecule has 0 aliphatic carbocycles. The van der Waals surface area contributed by atoms with Gasteiger partial charge in [-0.1, -0.05) is 56.1 Å². The number of fused-ring (bicyclic) bond motifs is 2. The number of ether oxygens (including phenoxy) is 1. The van der Waals surface area contributed by atoms with Gasteiger partial charge in [-0.2, -0.15) is 9.78 Å². The molecule has 0 bridgehead atoms. The van der Waals surface area contributed by atoms with Gasteiger partial charge in [0.2, 0.25) is 5.82 Å². The third-order valence-corrected chi connectivity index (χ3v) is 7.24. The summed E-state index contributed by atoms with van der Waals surface area (Å²) in [4.78, 5) is 29.0. The van der Waals surface area contributed by atoms with Crippen LogP contribution in [0.4, 0.5) is 5.69 Å². The first-order valence-corrected chi connectivity index (χ1v) is 13.9. The van der Waals surface area contributed by atoms with E-state index in [9.17, 15) is 14.9 Å². The van der Waals surface area contributed by atoms with E-state index in [0.717, 1.165) is 14.3 Å². The highest BCUT2D eigenvalue weighted by molar-refractivity contribution is 9.10. The van der Waals surface area contributed by atoms with Crippen molar-refractivity contribution < 1.29 is 14.1 Å². The highest BCUT2D eigenvalue weighted by Gasteiger charge is 2.17. The maximum Gasteiger partial charge on any atom is 0.282 e. The van der Waals surface area contributed by atoms with Crippen molar-refractivity contribution in [2.45, 2.75) is 6.61 Å². The Kier molecular flexibility index (Phi) is 7.21. The summed E-state index contributed by atoms with van der Waals surface area (Å²) in [6.07, 6.45) is 1.51. The van der Waals surface area contributed by atoms with Crippen LogP contribution in [0.25, 0.3) is 33.5 Å². The number of nitro benzene ring substituents is 1. The van der Waals surface area contributed by atoms with E-state index in [1.165, 1.54) is 23.0 Å². The van der Waals surface area contributed by atoms with E-state index in [4.69, 9.17) is 14.1 Å². The van der Waals surface area contributed by atoms with Gasteiger partial charge in [0.1, 0.15) is 17.9 Å². The van der Waals surface area contributed by atoms with Crippen molar-refractivity contribution in [1.82, 2.24) is 9.66 Å². The van der Waals surface area contributed by atoms with E-state index in [2.05, 4.69) is 37.0 Å². The van der Waals surface area contributed by atoms with E-state index in [1.54, 1.807) is 42.5 Å². The Labute approximate surface area is 249 Å². The van der Waals surface area contributed by atoms with Crippen LogP contribution in [-0.4, -0.2) is 20.8 Å². The molecule has 41 heavy (non-hydrogen) atoms. The lowest BCUT2D eigenvalue weighted by molar-refractivity contribution is -0.384. The monoisotopic (exact) mass is 672 g/mol. The lowest BCUT2D eigenvalue weighted by Crippen LogP contribution is -2.20. The quantitative estimate of drug-likeness (QED) is 0.0975. The Morgan fingerprint density at radius 1 is 0.976 bits per heavy atom. The summed E-state index contributed by atoms with van der Waals surface area (Å²) < 4.78 is 14.9. The second-order valence-corrected chi connectivity index (χ2v) is 10.8. The average molecular weight is 674 g/mol. The molecule has 0 saturated carbocycles. The molecule has 0 atom stereocenters. The van der Waals surface area contributed by atoms with Gasteiger partial charge in [-0.15, -0.1) is 0 Å². The molecule has 0 radical (unpaired) electrons. The number of nitrogens with zero attached hydrogens (tertiary/aromatic N) is 4. The van der Waals surface area contributed by atoms with Crippen LogP contribution in [0, 0.1) is 10.1 Å². The summed E-state index contributed by atoms with van der Waals surface area (Å²) in [5, 5.41) is 16.9. The summed E-state index contributed by atoms with van der Waals surface area (Å²) in [6, 6.07) is 26.1. The highest BCUT2D eigenvalue weighted by Crippen LogP contribution is 2.30. The fraction of sp³-hybridized carbons (Fsp3) is 0.0333. The number of hydrogen-bond acceptors (Lipinski definition) is 7. The number of furan rings is 1. The fourth-order valence-electron chi connectivity index (χ4n) is 4.31.